The molecule has 0 atom stereocenters. The fourth-order valence-electron chi connectivity index (χ4n) is 3.28. The van der Waals surface area contributed by atoms with E-state index in [1.54, 1.807) is 0 Å². The minimum absolute atomic E-state index is 0.186. The standard InChI is InChI=1S/C24H38O4/c1-4-7-13-17-24(18-14-8-5-2,22(25)27-19-9-6-3)23(26)28-20-21-15-11-10-12-16-21/h10-12,15-16H,4-9,13-14,17-20H2,1-3H3. The molecular formula is C24H38O4. The Kier molecular flexibility index (Phi) is 12.3. The quantitative estimate of drug-likeness (QED) is 0.203. The molecule has 0 heterocycles. The molecule has 0 radical (unpaired) electrons. The molecule has 1 aromatic carbocycles. The summed E-state index contributed by atoms with van der Waals surface area (Å²) >= 11 is 0. The first kappa shape index (κ1) is 24.2. The maximum Gasteiger partial charge on any atom is 0.323 e. The summed E-state index contributed by atoms with van der Waals surface area (Å²) in [5.41, 5.74) is -0.251. The number of rotatable bonds is 15. The zero-order valence-electron chi connectivity index (χ0n) is 18.0. The number of benzene rings is 1. The van der Waals surface area contributed by atoms with E-state index in [1.165, 1.54) is 0 Å². The molecule has 1 aromatic rings. The maximum absolute atomic E-state index is 13.2. The van der Waals surface area contributed by atoms with Gasteiger partial charge < -0.3 is 9.47 Å². The van der Waals surface area contributed by atoms with Gasteiger partial charge in [-0.3, -0.25) is 9.59 Å². The van der Waals surface area contributed by atoms with Gasteiger partial charge in [0.1, 0.15) is 6.61 Å². The molecule has 1 rings (SSSR count). The third kappa shape index (κ3) is 8.04. The van der Waals surface area contributed by atoms with E-state index in [1.807, 2.05) is 30.3 Å². The fraction of sp³-hybridized carbons (Fsp3) is 0.667. The molecule has 158 valence electrons. The van der Waals surface area contributed by atoms with Crippen LogP contribution in [-0.4, -0.2) is 18.5 Å². The Morgan fingerprint density at radius 2 is 1.29 bits per heavy atom. The molecule has 0 N–H and O–H groups in total. The van der Waals surface area contributed by atoms with E-state index in [-0.39, 0.29) is 6.61 Å². The molecule has 0 aliphatic heterocycles. The lowest BCUT2D eigenvalue weighted by Crippen LogP contribution is -2.42. The minimum atomic E-state index is -1.17. The molecule has 0 aliphatic rings. The average Bonchev–Trinajstić information content (AvgIpc) is 2.72. The molecular weight excluding hydrogens is 352 g/mol. The van der Waals surface area contributed by atoms with Gasteiger partial charge >= 0.3 is 11.9 Å². The van der Waals surface area contributed by atoms with E-state index in [9.17, 15) is 9.59 Å². The fourth-order valence-corrected chi connectivity index (χ4v) is 3.28. The predicted octanol–water partition coefficient (Wildman–Crippen LogP) is 6.22. The van der Waals surface area contributed by atoms with Gasteiger partial charge in [0.15, 0.2) is 5.41 Å². The summed E-state index contributed by atoms with van der Waals surface area (Å²) in [7, 11) is 0. The molecule has 0 saturated carbocycles. The monoisotopic (exact) mass is 390 g/mol. The molecule has 4 nitrogen and oxygen atoms in total. The number of unbranched alkanes of at least 4 members (excludes halogenated alkanes) is 5. The van der Waals surface area contributed by atoms with Crippen molar-refractivity contribution in [3.63, 3.8) is 0 Å². The molecule has 28 heavy (non-hydrogen) atoms. The van der Waals surface area contributed by atoms with Gasteiger partial charge in [-0.05, 0) is 24.8 Å². The number of carbonyl (C=O) groups is 2. The van der Waals surface area contributed by atoms with Crippen molar-refractivity contribution >= 4 is 11.9 Å². The molecule has 0 aliphatic carbocycles. The number of hydrogen-bond acceptors (Lipinski definition) is 4. The van der Waals surface area contributed by atoms with Crippen LogP contribution in [0.2, 0.25) is 0 Å². The summed E-state index contributed by atoms with van der Waals surface area (Å²) in [5, 5.41) is 0. The summed E-state index contributed by atoms with van der Waals surface area (Å²) in [6, 6.07) is 9.59. The van der Waals surface area contributed by atoms with Crippen LogP contribution in [0, 0.1) is 5.41 Å². The first-order chi connectivity index (χ1) is 13.6. The molecule has 0 amide bonds. The first-order valence-electron chi connectivity index (χ1n) is 11.0. The van der Waals surface area contributed by atoms with Crippen molar-refractivity contribution in [1.29, 1.82) is 0 Å². The van der Waals surface area contributed by atoms with Crippen molar-refractivity contribution in [2.24, 2.45) is 5.41 Å². The van der Waals surface area contributed by atoms with Gasteiger partial charge in [0.05, 0.1) is 6.61 Å². The van der Waals surface area contributed by atoms with Crippen LogP contribution in [0.3, 0.4) is 0 Å². The molecule has 4 heteroatoms. The summed E-state index contributed by atoms with van der Waals surface area (Å²) in [6.45, 7) is 6.84. The Hall–Kier alpha value is -1.84. The molecule has 0 bridgehead atoms. The summed E-state index contributed by atoms with van der Waals surface area (Å²) in [5.74, 6) is -0.823. The van der Waals surface area contributed by atoms with Gasteiger partial charge in [-0.2, -0.15) is 0 Å². The van der Waals surface area contributed by atoms with Crippen molar-refractivity contribution in [2.75, 3.05) is 6.61 Å². The number of hydrogen-bond donors (Lipinski definition) is 0. The van der Waals surface area contributed by atoms with E-state index in [0.29, 0.717) is 19.4 Å². The highest BCUT2D eigenvalue weighted by molar-refractivity contribution is 6.00. The second-order valence-corrected chi connectivity index (χ2v) is 7.55. The Balaban J connectivity index is 2.96. The van der Waals surface area contributed by atoms with Crippen LogP contribution in [0.25, 0.3) is 0 Å². The van der Waals surface area contributed by atoms with E-state index >= 15 is 0 Å². The average molecular weight is 391 g/mol. The van der Waals surface area contributed by atoms with Crippen LogP contribution in [0.4, 0.5) is 0 Å². The van der Waals surface area contributed by atoms with Crippen LogP contribution in [0.1, 0.15) is 90.5 Å². The van der Waals surface area contributed by atoms with Gasteiger partial charge in [0.2, 0.25) is 0 Å². The lowest BCUT2D eigenvalue weighted by Gasteiger charge is -2.29. The van der Waals surface area contributed by atoms with Crippen LogP contribution in [0.15, 0.2) is 30.3 Å². The highest BCUT2D eigenvalue weighted by Crippen LogP contribution is 2.35. The lowest BCUT2D eigenvalue weighted by molar-refractivity contribution is -0.175. The summed E-state index contributed by atoms with van der Waals surface area (Å²) in [4.78, 5) is 26.2. The molecule has 0 aromatic heterocycles. The SMILES string of the molecule is CCCCCC(CCCCC)(C(=O)OCCCC)C(=O)OCc1ccccc1. The van der Waals surface area contributed by atoms with Crippen LogP contribution in [0.5, 0.6) is 0 Å². The Morgan fingerprint density at radius 1 is 0.750 bits per heavy atom. The number of carbonyl (C=O) groups excluding carboxylic acids is 2. The zero-order chi connectivity index (χ0) is 20.7. The van der Waals surface area contributed by atoms with E-state index < -0.39 is 17.4 Å². The van der Waals surface area contributed by atoms with Crippen LogP contribution in [-0.2, 0) is 25.7 Å². The first-order valence-corrected chi connectivity index (χ1v) is 11.0. The molecule has 0 unspecified atom stereocenters. The lowest BCUT2D eigenvalue weighted by atomic mass is 9.77. The smallest absolute Gasteiger partial charge is 0.323 e. The predicted molar refractivity (Wildman–Crippen MR) is 113 cm³/mol. The van der Waals surface area contributed by atoms with Crippen molar-refractivity contribution in [2.45, 2.75) is 91.6 Å². The largest absolute Gasteiger partial charge is 0.465 e. The second kappa shape index (κ2) is 14.2. The van der Waals surface area contributed by atoms with Gasteiger partial charge in [0, 0.05) is 0 Å². The summed E-state index contributed by atoms with van der Waals surface area (Å²) < 4.78 is 11.2. The number of ether oxygens (including phenoxy) is 2. The number of esters is 2. The molecule has 0 saturated heterocycles. The van der Waals surface area contributed by atoms with Gasteiger partial charge in [0.25, 0.3) is 0 Å². The zero-order valence-corrected chi connectivity index (χ0v) is 18.0. The topological polar surface area (TPSA) is 52.6 Å². The third-order valence-corrected chi connectivity index (χ3v) is 5.14. The van der Waals surface area contributed by atoms with E-state index in [0.717, 1.165) is 56.9 Å². The third-order valence-electron chi connectivity index (χ3n) is 5.14. The van der Waals surface area contributed by atoms with Crippen molar-refractivity contribution in [3.8, 4) is 0 Å². The van der Waals surface area contributed by atoms with Gasteiger partial charge in [-0.15, -0.1) is 0 Å². The van der Waals surface area contributed by atoms with Crippen molar-refractivity contribution in [3.05, 3.63) is 35.9 Å². The van der Waals surface area contributed by atoms with Crippen LogP contribution >= 0.6 is 0 Å². The van der Waals surface area contributed by atoms with Crippen molar-refractivity contribution < 1.29 is 19.1 Å². The molecule has 0 spiro atoms. The summed E-state index contributed by atoms with van der Waals surface area (Å²) in [6.07, 6.45) is 8.47. The van der Waals surface area contributed by atoms with Crippen molar-refractivity contribution in [1.82, 2.24) is 0 Å². The Bertz CT molecular complexity index is 543. The maximum atomic E-state index is 13.2. The highest BCUT2D eigenvalue weighted by atomic mass is 16.6. The Morgan fingerprint density at radius 3 is 1.82 bits per heavy atom. The van der Waals surface area contributed by atoms with Crippen LogP contribution < -0.4 is 0 Å². The van der Waals surface area contributed by atoms with E-state index in [4.69, 9.17) is 9.47 Å². The van der Waals surface area contributed by atoms with Gasteiger partial charge in [-0.1, -0.05) is 96.0 Å². The Labute approximate surface area is 171 Å². The highest BCUT2D eigenvalue weighted by Gasteiger charge is 2.47. The normalized spacial score (nSPS) is 11.2. The van der Waals surface area contributed by atoms with E-state index in [2.05, 4.69) is 20.8 Å². The molecule has 0 fully saturated rings. The minimum Gasteiger partial charge on any atom is -0.465 e. The van der Waals surface area contributed by atoms with Gasteiger partial charge in [-0.25, -0.2) is 0 Å². The second-order valence-electron chi connectivity index (χ2n) is 7.55.